The predicted octanol–water partition coefficient (Wildman–Crippen LogP) is 4.06. The highest BCUT2D eigenvalue weighted by molar-refractivity contribution is 14.0. The van der Waals surface area contributed by atoms with E-state index >= 15 is 0 Å². The second kappa shape index (κ2) is 13.8. The molecule has 0 bridgehead atoms. The first-order valence-electron chi connectivity index (χ1n) is 8.17. The van der Waals surface area contributed by atoms with Gasteiger partial charge in [0.15, 0.2) is 5.96 Å². The summed E-state index contributed by atoms with van der Waals surface area (Å²) in [6, 6.07) is 4.86. The Kier molecular flexibility index (Phi) is 13.6. The van der Waals surface area contributed by atoms with E-state index in [4.69, 9.17) is 5.11 Å². The van der Waals surface area contributed by atoms with Crippen molar-refractivity contribution in [2.45, 2.75) is 39.7 Å². The van der Waals surface area contributed by atoms with Crippen LogP contribution in [0.15, 0.2) is 27.7 Å². The zero-order valence-corrected chi connectivity index (χ0v) is 18.2. The molecule has 0 saturated heterocycles. The summed E-state index contributed by atoms with van der Waals surface area (Å²) in [5.74, 6) is 0.833. The first-order chi connectivity index (χ1) is 11.1. The van der Waals surface area contributed by atoms with Crippen molar-refractivity contribution in [3.8, 4) is 0 Å². The molecule has 138 valence electrons. The summed E-state index contributed by atoms with van der Waals surface area (Å²) in [7, 11) is 0. The van der Waals surface area contributed by atoms with Crippen molar-refractivity contribution in [1.29, 1.82) is 0 Å². The molecule has 1 aromatic rings. The van der Waals surface area contributed by atoms with Gasteiger partial charge >= 0.3 is 0 Å². The first kappa shape index (κ1) is 23.6. The summed E-state index contributed by atoms with van der Waals surface area (Å²) in [4.78, 5) is 4.45. The SMILES string of the molecule is CCCC(CCO)CNC(=NCc1cc(Br)ccc1F)NCC.I. The summed E-state index contributed by atoms with van der Waals surface area (Å²) >= 11 is 3.35. The molecule has 4 nitrogen and oxygen atoms in total. The van der Waals surface area contributed by atoms with Crippen molar-refractivity contribution in [3.05, 3.63) is 34.1 Å². The molecule has 0 spiro atoms. The molecule has 0 aliphatic heterocycles. The van der Waals surface area contributed by atoms with Crippen LogP contribution >= 0.6 is 39.9 Å². The minimum atomic E-state index is -0.253. The summed E-state index contributed by atoms with van der Waals surface area (Å²) in [6.07, 6.45) is 2.93. The van der Waals surface area contributed by atoms with Gasteiger partial charge < -0.3 is 15.7 Å². The normalized spacial score (nSPS) is 12.5. The van der Waals surface area contributed by atoms with E-state index in [0.29, 0.717) is 17.4 Å². The summed E-state index contributed by atoms with van der Waals surface area (Å²) in [5.41, 5.74) is 0.553. The lowest BCUT2D eigenvalue weighted by Gasteiger charge is -2.18. The lowest BCUT2D eigenvalue weighted by atomic mass is 10.0. The van der Waals surface area contributed by atoms with Crippen LogP contribution in [0.3, 0.4) is 0 Å². The van der Waals surface area contributed by atoms with E-state index in [2.05, 4.69) is 38.5 Å². The molecule has 0 fully saturated rings. The van der Waals surface area contributed by atoms with Gasteiger partial charge in [-0.05, 0) is 43.9 Å². The predicted molar refractivity (Wildman–Crippen MR) is 112 cm³/mol. The van der Waals surface area contributed by atoms with Gasteiger partial charge in [-0.25, -0.2) is 9.38 Å². The second-order valence-electron chi connectivity index (χ2n) is 5.48. The molecule has 24 heavy (non-hydrogen) atoms. The van der Waals surface area contributed by atoms with Crippen LogP contribution in [0.25, 0.3) is 0 Å². The van der Waals surface area contributed by atoms with Crippen molar-refractivity contribution < 1.29 is 9.50 Å². The number of aliphatic hydroxyl groups is 1. The van der Waals surface area contributed by atoms with Crippen molar-refractivity contribution in [1.82, 2.24) is 10.6 Å². The van der Waals surface area contributed by atoms with E-state index in [0.717, 1.165) is 36.8 Å². The third-order valence-electron chi connectivity index (χ3n) is 3.55. The Hall–Kier alpha value is -0.410. The Morgan fingerprint density at radius 3 is 2.67 bits per heavy atom. The lowest BCUT2D eigenvalue weighted by Crippen LogP contribution is -2.40. The van der Waals surface area contributed by atoms with E-state index in [-0.39, 0.29) is 42.9 Å². The molecule has 0 saturated carbocycles. The van der Waals surface area contributed by atoms with Crippen LogP contribution in [0.4, 0.5) is 4.39 Å². The van der Waals surface area contributed by atoms with E-state index in [1.165, 1.54) is 6.07 Å². The average Bonchev–Trinajstić information content (AvgIpc) is 2.53. The standard InChI is InChI=1S/C17H27BrFN3O.HI/c1-3-5-13(8-9-23)11-21-17(20-4-2)22-12-14-10-15(18)6-7-16(14)19;/h6-7,10,13,23H,3-5,8-9,11-12H2,1-2H3,(H2,20,21,22);1H. The highest BCUT2D eigenvalue weighted by atomic mass is 127. The van der Waals surface area contributed by atoms with Crippen LogP contribution in [0.1, 0.15) is 38.7 Å². The molecule has 1 aromatic carbocycles. The molecule has 0 radical (unpaired) electrons. The number of rotatable bonds is 9. The molecule has 0 aliphatic rings. The van der Waals surface area contributed by atoms with Gasteiger partial charge in [-0.2, -0.15) is 0 Å². The lowest BCUT2D eigenvalue weighted by molar-refractivity contribution is 0.251. The minimum absolute atomic E-state index is 0. The number of nitrogens with zero attached hydrogens (tertiary/aromatic N) is 1. The Morgan fingerprint density at radius 1 is 1.29 bits per heavy atom. The van der Waals surface area contributed by atoms with Crippen molar-refractivity contribution in [3.63, 3.8) is 0 Å². The molecular formula is C17H28BrFIN3O. The molecule has 0 heterocycles. The number of aliphatic imine (C=N–C) groups is 1. The molecular weight excluding hydrogens is 488 g/mol. The van der Waals surface area contributed by atoms with Gasteiger partial charge in [0.2, 0.25) is 0 Å². The maximum Gasteiger partial charge on any atom is 0.191 e. The zero-order valence-electron chi connectivity index (χ0n) is 14.3. The monoisotopic (exact) mass is 515 g/mol. The van der Waals surface area contributed by atoms with Crippen LogP contribution < -0.4 is 10.6 Å². The van der Waals surface area contributed by atoms with E-state index in [1.54, 1.807) is 12.1 Å². The molecule has 7 heteroatoms. The molecule has 1 unspecified atom stereocenters. The maximum atomic E-state index is 13.8. The fourth-order valence-electron chi connectivity index (χ4n) is 2.35. The Bertz CT molecular complexity index is 497. The van der Waals surface area contributed by atoms with Crippen molar-refractivity contribution in [2.24, 2.45) is 10.9 Å². The largest absolute Gasteiger partial charge is 0.396 e. The van der Waals surface area contributed by atoms with Crippen LogP contribution in [-0.2, 0) is 6.54 Å². The highest BCUT2D eigenvalue weighted by Gasteiger charge is 2.09. The van der Waals surface area contributed by atoms with Crippen LogP contribution in [0.2, 0.25) is 0 Å². The van der Waals surface area contributed by atoms with Gasteiger partial charge in [0.25, 0.3) is 0 Å². The third-order valence-corrected chi connectivity index (χ3v) is 4.05. The van der Waals surface area contributed by atoms with E-state index < -0.39 is 0 Å². The number of hydrogen-bond donors (Lipinski definition) is 3. The zero-order chi connectivity index (χ0) is 17.1. The second-order valence-corrected chi connectivity index (χ2v) is 6.39. The van der Waals surface area contributed by atoms with Crippen molar-refractivity contribution >= 4 is 45.9 Å². The fraction of sp³-hybridized carbons (Fsp3) is 0.588. The van der Waals surface area contributed by atoms with Crippen LogP contribution in [-0.4, -0.2) is 30.8 Å². The van der Waals surface area contributed by atoms with E-state index in [1.807, 2.05) is 6.92 Å². The van der Waals surface area contributed by atoms with Crippen molar-refractivity contribution in [2.75, 3.05) is 19.7 Å². The number of benzene rings is 1. The number of hydrogen-bond acceptors (Lipinski definition) is 2. The van der Waals surface area contributed by atoms with Gasteiger partial charge in [0.1, 0.15) is 5.82 Å². The third kappa shape index (κ3) is 9.17. The highest BCUT2D eigenvalue weighted by Crippen LogP contribution is 2.16. The van der Waals surface area contributed by atoms with Gasteiger partial charge in [0, 0.05) is 29.7 Å². The molecule has 0 aliphatic carbocycles. The Balaban J connectivity index is 0.00000529. The van der Waals surface area contributed by atoms with Crippen LogP contribution in [0.5, 0.6) is 0 Å². The fourth-order valence-corrected chi connectivity index (χ4v) is 2.76. The molecule has 3 N–H and O–H groups in total. The van der Waals surface area contributed by atoms with Gasteiger partial charge in [0.05, 0.1) is 6.54 Å². The maximum absolute atomic E-state index is 13.8. The Morgan fingerprint density at radius 2 is 2.04 bits per heavy atom. The molecule has 0 aromatic heterocycles. The average molecular weight is 516 g/mol. The van der Waals surface area contributed by atoms with Gasteiger partial charge in [-0.3, -0.25) is 0 Å². The Labute approximate surface area is 169 Å². The molecule has 1 rings (SSSR count). The van der Waals surface area contributed by atoms with Crippen LogP contribution in [0, 0.1) is 11.7 Å². The molecule has 0 amide bonds. The van der Waals surface area contributed by atoms with Gasteiger partial charge in [-0.1, -0.05) is 29.3 Å². The smallest absolute Gasteiger partial charge is 0.191 e. The minimum Gasteiger partial charge on any atom is -0.396 e. The first-order valence-corrected chi connectivity index (χ1v) is 8.96. The summed E-state index contributed by atoms with van der Waals surface area (Å²) in [5, 5.41) is 15.6. The quantitative estimate of drug-likeness (QED) is 0.264. The summed E-state index contributed by atoms with van der Waals surface area (Å²) in [6.45, 7) is 6.10. The topological polar surface area (TPSA) is 56.6 Å². The number of nitrogens with one attached hydrogen (secondary N) is 2. The number of guanidine groups is 1. The number of aliphatic hydroxyl groups excluding tert-OH is 1. The summed E-state index contributed by atoms with van der Waals surface area (Å²) < 4.78 is 14.6. The molecule has 1 atom stereocenters. The van der Waals surface area contributed by atoms with E-state index in [9.17, 15) is 4.39 Å². The van der Waals surface area contributed by atoms with Gasteiger partial charge in [-0.15, -0.1) is 24.0 Å². The number of halogens is 3.